The lowest BCUT2D eigenvalue weighted by Gasteiger charge is -2.44. The van der Waals surface area contributed by atoms with E-state index in [9.17, 15) is 23.1 Å². The molecule has 0 aromatic heterocycles. The second kappa shape index (κ2) is 10.8. The molecule has 0 amide bonds. The van der Waals surface area contributed by atoms with Crippen LogP contribution >= 0.6 is 0 Å². The largest absolute Gasteiger partial charge is 0.490 e. The van der Waals surface area contributed by atoms with Gasteiger partial charge in [0.05, 0.1) is 5.60 Å². The topological polar surface area (TPSA) is 46.5 Å². The quantitative estimate of drug-likeness (QED) is 0.365. The Bertz CT molecular complexity index is 848. The average Bonchev–Trinajstić information content (AvgIpc) is 3.10. The molecule has 6 heteroatoms. The van der Waals surface area contributed by atoms with Crippen LogP contribution in [0.4, 0.5) is 13.2 Å². The van der Waals surface area contributed by atoms with Crippen molar-refractivity contribution in [3.63, 3.8) is 0 Å². The van der Waals surface area contributed by atoms with E-state index in [2.05, 4.69) is 26.5 Å². The summed E-state index contributed by atoms with van der Waals surface area (Å²) in [6.07, 6.45) is 8.55. The highest BCUT2D eigenvalue weighted by Gasteiger charge is 2.50. The van der Waals surface area contributed by atoms with E-state index in [1.165, 1.54) is 24.8 Å². The predicted molar refractivity (Wildman–Crippen MR) is 133 cm³/mol. The number of hydrogen-bond donors (Lipinski definition) is 1. The fourth-order valence-electron chi connectivity index (χ4n) is 6.97. The minimum atomic E-state index is -4.96. The van der Waals surface area contributed by atoms with Gasteiger partial charge in [-0.25, -0.2) is 4.79 Å². The summed E-state index contributed by atoms with van der Waals surface area (Å²) in [5.41, 5.74) is 2.92. The first kappa shape index (κ1) is 28.0. The second-order valence-electron chi connectivity index (χ2n) is 12.1. The summed E-state index contributed by atoms with van der Waals surface area (Å²) in [5, 5.41) is 10.1. The van der Waals surface area contributed by atoms with E-state index in [1.807, 2.05) is 19.9 Å². The number of esters is 1. The van der Waals surface area contributed by atoms with E-state index in [-0.39, 0.29) is 11.8 Å². The first-order valence-electron chi connectivity index (χ1n) is 13.3. The number of carbonyl (C=O) groups excluding carboxylic acids is 1. The van der Waals surface area contributed by atoms with Crippen LogP contribution in [0.3, 0.4) is 0 Å². The van der Waals surface area contributed by atoms with Crippen molar-refractivity contribution < 1.29 is 27.8 Å². The van der Waals surface area contributed by atoms with Crippen LogP contribution in [-0.4, -0.2) is 29.0 Å². The Balaban J connectivity index is 1.68. The van der Waals surface area contributed by atoms with E-state index < -0.39 is 23.9 Å². The molecule has 5 atom stereocenters. The Kier molecular flexibility index (Phi) is 8.66. The summed E-state index contributed by atoms with van der Waals surface area (Å²) in [5.74, 6) is -0.288. The molecule has 0 spiro atoms. The summed E-state index contributed by atoms with van der Waals surface area (Å²) in [4.78, 5) is 11.3. The monoisotopic (exact) mass is 496 g/mol. The second-order valence-corrected chi connectivity index (χ2v) is 12.1. The molecule has 35 heavy (non-hydrogen) atoms. The van der Waals surface area contributed by atoms with Gasteiger partial charge in [0.15, 0.2) is 0 Å². The molecule has 1 N–H and O–H groups in total. The van der Waals surface area contributed by atoms with Gasteiger partial charge in [-0.1, -0.05) is 56.6 Å². The van der Waals surface area contributed by atoms with Gasteiger partial charge in [0.25, 0.3) is 0 Å². The minimum absolute atomic E-state index is 0.269. The molecule has 0 aromatic rings. The molecule has 0 radical (unpaired) electrons. The van der Waals surface area contributed by atoms with Crippen molar-refractivity contribution in [2.24, 2.45) is 23.2 Å². The van der Waals surface area contributed by atoms with Crippen LogP contribution in [0, 0.1) is 23.2 Å². The Morgan fingerprint density at radius 3 is 2.60 bits per heavy atom. The lowest BCUT2D eigenvalue weighted by atomic mass is 9.60. The summed E-state index contributed by atoms with van der Waals surface area (Å²) in [7, 11) is 0. The van der Waals surface area contributed by atoms with E-state index in [4.69, 9.17) is 4.74 Å². The van der Waals surface area contributed by atoms with Gasteiger partial charge in [0.2, 0.25) is 0 Å². The van der Waals surface area contributed by atoms with Crippen molar-refractivity contribution in [2.75, 3.05) is 0 Å². The Labute approximate surface area is 208 Å². The van der Waals surface area contributed by atoms with Crippen LogP contribution in [0.5, 0.6) is 0 Å². The van der Waals surface area contributed by atoms with Gasteiger partial charge in [-0.05, 0) is 94.0 Å². The zero-order chi connectivity index (χ0) is 26.0. The zero-order valence-electron chi connectivity index (χ0n) is 21.8. The maximum atomic E-state index is 12.6. The number of allylic oxidation sites excluding steroid dienone is 4. The number of aliphatic hydroxyl groups is 1. The summed E-state index contributed by atoms with van der Waals surface area (Å²) in [6, 6.07) is 0. The molecule has 0 aromatic carbocycles. The molecule has 3 aliphatic rings. The fourth-order valence-corrected chi connectivity index (χ4v) is 6.97. The fraction of sp³-hybridized carbons (Fsp3) is 0.759. The van der Waals surface area contributed by atoms with Crippen molar-refractivity contribution in [3.05, 3.63) is 35.5 Å². The molecule has 3 saturated carbocycles. The van der Waals surface area contributed by atoms with Gasteiger partial charge in [-0.3, -0.25) is 0 Å². The highest BCUT2D eigenvalue weighted by molar-refractivity contribution is 5.75. The summed E-state index contributed by atoms with van der Waals surface area (Å²) >= 11 is 0. The lowest BCUT2D eigenvalue weighted by Crippen LogP contribution is -2.36. The van der Waals surface area contributed by atoms with E-state index in [1.54, 1.807) is 0 Å². The number of fused-ring (bicyclic) bond motifs is 1. The van der Waals surface area contributed by atoms with Crippen LogP contribution in [0.25, 0.3) is 0 Å². The van der Waals surface area contributed by atoms with E-state index in [0.717, 1.165) is 43.3 Å². The van der Waals surface area contributed by atoms with Crippen LogP contribution in [0.15, 0.2) is 35.5 Å². The van der Waals surface area contributed by atoms with Crippen molar-refractivity contribution in [1.82, 2.24) is 0 Å². The van der Waals surface area contributed by atoms with E-state index in [0.29, 0.717) is 30.6 Å². The summed E-state index contributed by atoms with van der Waals surface area (Å²) in [6.45, 7) is 12.7. The van der Waals surface area contributed by atoms with E-state index >= 15 is 0 Å². The molecular formula is C29H43F3O3. The SMILES string of the molecule is C=C1CC[C@H](OC(=O)C(F)(F)F)C/C1=C/C=C1\CCC[C@@]2(C)C1CC[C@@H]2[C@H](C)CCCC(C)(C)O. The standard InChI is InChI=1S/C29H43F3O3/c1-19-10-13-23(35-26(33)29(30,31)32)18-22(19)12-11-21-9-7-17-28(5)24(14-15-25(21)28)20(2)8-6-16-27(3,4)34/h11-12,20,23-25,34H,1,6-10,13-18H2,2-5H3/b21-11+,22-12-/t20-,23+,24-,25?,28-/m1/s1. The highest BCUT2D eigenvalue weighted by Crippen LogP contribution is 2.60. The van der Waals surface area contributed by atoms with Crippen molar-refractivity contribution in [3.8, 4) is 0 Å². The van der Waals surface area contributed by atoms with Crippen molar-refractivity contribution in [2.45, 2.75) is 116 Å². The van der Waals surface area contributed by atoms with Crippen molar-refractivity contribution >= 4 is 5.97 Å². The highest BCUT2D eigenvalue weighted by atomic mass is 19.4. The molecule has 3 rings (SSSR count). The Hall–Kier alpha value is -1.56. The van der Waals surface area contributed by atoms with Gasteiger partial charge >= 0.3 is 12.1 Å². The number of halogens is 3. The van der Waals surface area contributed by atoms with Gasteiger partial charge in [0.1, 0.15) is 6.10 Å². The predicted octanol–water partition coefficient (Wildman–Crippen LogP) is 7.85. The third-order valence-electron chi connectivity index (χ3n) is 8.85. The number of alkyl halides is 3. The molecule has 3 fully saturated rings. The van der Waals surface area contributed by atoms with Crippen LogP contribution < -0.4 is 0 Å². The van der Waals surface area contributed by atoms with Crippen molar-refractivity contribution in [1.29, 1.82) is 0 Å². The Morgan fingerprint density at radius 1 is 1.23 bits per heavy atom. The third-order valence-corrected chi connectivity index (χ3v) is 8.85. The molecule has 0 bridgehead atoms. The first-order valence-corrected chi connectivity index (χ1v) is 13.3. The van der Waals surface area contributed by atoms with Crippen LogP contribution in [-0.2, 0) is 9.53 Å². The zero-order valence-corrected chi connectivity index (χ0v) is 21.8. The Morgan fingerprint density at radius 2 is 1.94 bits per heavy atom. The maximum Gasteiger partial charge on any atom is 0.490 e. The molecule has 1 unspecified atom stereocenters. The molecule has 0 heterocycles. The van der Waals surface area contributed by atoms with Gasteiger partial charge in [-0.2, -0.15) is 13.2 Å². The molecule has 198 valence electrons. The number of carbonyl (C=O) groups is 1. The number of rotatable bonds is 7. The molecule has 0 saturated heterocycles. The number of ether oxygens (including phenoxy) is 1. The molecule has 0 aliphatic heterocycles. The lowest BCUT2D eigenvalue weighted by molar-refractivity contribution is -0.205. The first-order chi connectivity index (χ1) is 16.2. The molecule has 3 nitrogen and oxygen atoms in total. The number of hydrogen-bond acceptors (Lipinski definition) is 3. The van der Waals surface area contributed by atoms with Gasteiger partial charge in [-0.15, -0.1) is 0 Å². The smallest absolute Gasteiger partial charge is 0.455 e. The molecule has 3 aliphatic carbocycles. The minimum Gasteiger partial charge on any atom is -0.455 e. The average molecular weight is 497 g/mol. The maximum absolute atomic E-state index is 12.6. The summed E-state index contributed by atoms with van der Waals surface area (Å²) < 4.78 is 42.6. The normalized spacial score (nSPS) is 33.1. The third kappa shape index (κ3) is 7.02. The van der Waals surface area contributed by atoms with Crippen LogP contribution in [0.1, 0.15) is 98.3 Å². The van der Waals surface area contributed by atoms with Crippen LogP contribution in [0.2, 0.25) is 0 Å². The van der Waals surface area contributed by atoms with Gasteiger partial charge in [0, 0.05) is 6.42 Å². The van der Waals surface area contributed by atoms with Gasteiger partial charge < -0.3 is 9.84 Å². The molecular weight excluding hydrogens is 453 g/mol.